The summed E-state index contributed by atoms with van der Waals surface area (Å²) < 4.78 is 4.89. The number of carbonyl (C=O) groups excluding carboxylic acids is 1. The number of likely N-dealkylation sites (tertiary alicyclic amines) is 1. The molecule has 0 bridgehead atoms. The number of methoxy groups -OCH3 is 1. The zero-order chi connectivity index (χ0) is 16.8. The lowest BCUT2D eigenvalue weighted by atomic mass is 9.99. The number of carbonyl (C=O) groups is 1. The highest BCUT2D eigenvalue weighted by Gasteiger charge is 2.36. The Kier molecular flexibility index (Phi) is 10.1. The summed E-state index contributed by atoms with van der Waals surface area (Å²) in [7, 11) is 1.45. The van der Waals surface area contributed by atoms with Gasteiger partial charge in [-0.25, -0.2) is 0 Å². The molecule has 1 saturated heterocycles. The molecule has 1 aliphatic heterocycles. The molecule has 1 aliphatic rings. The first-order chi connectivity index (χ1) is 10.3. The van der Waals surface area contributed by atoms with Crippen LogP contribution in [0.2, 0.25) is 0 Å². The lowest BCUT2D eigenvalue weighted by Crippen LogP contribution is -2.42. The van der Waals surface area contributed by atoms with E-state index in [2.05, 4.69) is 55.1 Å². The van der Waals surface area contributed by atoms with E-state index in [1.54, 1.807) is 0 Å². The van der Waals surface area contributed by atoms with E-state index >= 15 is 0 Å². The summed E-state index contributed by atoms with van der Waals surface area (Å²) in [6, 6.07) is 0. The van der Waals surface area contributed by atoms with Gasteiger partial charge in [-0.15, -0.1) is 24.0 Å². The van der Waals surface area contributed by atoms with E-state index in [1.807, 2.05) is 0 Å². The van der Waals surface area contributed by atoms with Gasteiger partial charge in [0.25, 0.3) is 0 Å². The van der Waals surface area contributed by atoms with Crippen LogP contribution in [0.15, 0.2) is 4.99 Å². The first kappa shape index (κ1) is 22.4. The van der Waals surface area contributed by atoms with E-state index in [-0.39, 0.29) is 47.3 Å². The number of hydrogen-bond acceptors (Lipinski definition) is 4. The minimum absolute atomic E-state index is 0. The van der Waals surface area contributed by atoms with Crippen LogP contribution in [-0.4, -0.2) is 62.2 Å². The molecule has 136 valence electrons. The van der Waals surface area contributed by atoms with Crippen LogP contribution < -0.4 is 10.6 Å². The Morgan fingerprint density at radius 2 is 2.00 bits per heavy atom. The van der Waals surface area contributed by atoms with Gasteiger partial charge in [0.1, 0.15) is 0 Å². The Morgan fingerprint density at radius 3 is 2.52 bits per heavy atom. The molecule has 0 radical (unpaired) electrons. The second-order valence-corrected chi connectivity index (χ2v) is 6.92. The van der Waals surface area contributed by atoms with Gasteiger partial charge in [0.05, 0.1) is 19.6 Å². The standard InChI is InChI=1S/C16H32N4O2.HI/c1-7-17-15(18-8-9-19-16(3,4)5)20-10-12(2)13(11-20)14(21)22-6;/h12-13,19H,7-11H2,1-6H3,(H,17,18);1H. The van der Waals surface area contributed by atoms with Crippen molar-refractivity contribution in [3.63, 3.8) is 0 Å². The number of nitrogens with one attached hydrogen (secondary N) is 2. The predicted octanol–water partition coefficient (Wildman–Crippen LogP) is 1.70. The number of nitrogens with zero attached hydrogens (tertiary/aromatic N) is 2. The van der Waals surface area contributed by atoms with Crippen LogP contribution in [0.1, 0.15) is 34.6 Å². The van der Waals surface area contributed by atoms with Gasteiger partial charge in [-0.1, -0.05) is 6.92 Å². The molecule has 6 nitrogen and oxygen atoms in total. The van der Waals surface area contributed by atoms with Gasteiger partial charge in [0.2, 0.25) is 0 Å². The molecule has 2 N–H and O–H groups in total. The number of halogens is 1. The highest BCUT2D eigenvalue weighted by atomic mass is 127. The smallest absolute Gasteiger partial charge is 0.310 e. The van der Waals surface area contributed by atoms with Gasteiger partial charge in [-0.05, 0) is 33.6 Å². The van der Waals surface area contributed by atoms with E-state index in [0.29, 0.717) is 13.1 Å². The van der Waals surface area contributed by atoms with E-state index in [0.717, 1.165) is 25.6 Å². The number of rotatable bonds is 5. The van der Waals surface area contributed by atoms with Crippen LogP contribution in [0.5, 0.6) is 0 Å². The number of hydrogen-bond donors (Lipinski definition) is 2. The van der Waals surface area contributed by atoms with Crippen molar-refractivity contribution in [2.24, 2.45) is 16.8 Å². The summed E-state index contributed by atoms with van der Waals surface area (Å²) in [6.45, 7) is 14.5. The summed E-state index contributed by atoms with van der Waals surface area (Å²) in [4.78, 5) is 18.6. The molecule has 0 amide bonds. The summed E-state index contributed by atoms with van der Waals surface area (Å²) in [5.74, 6) is 0.974. The number of aliphatic imine (C=N–C) groups is 1. The van der Waals surface area contributed by atoms with Gasteiger partial charge in [-0.3, -0.25) is 9.79 Å². The minimum atomic E-state index is -0.125. The Balaban J connectivity index is 0.00000484. The van der Waals surface area contributed by atoms with Gasteiger partial charge in [0, 0.05) is 31.7 Å². The predicted molar refractivity (Wildman–Crippen MR) is 105 cm³/mol. The van der Waals surface area contributed by atoms with Crippen molar-refractivity contribution in [2.45, 2.75) is 40.2 Å². The lowest BCUT2D eigenvalue weighted by molar-refractivity contribution is -0.145. The molecule has 2 unspecified atom stereocenters. The van der Waals surface area contributed by atoms with E-state index in [1.165, 1.54) is 7.11 Å². The monoisotopic (exact) mass is 440 g/mol. The Morgan fingerprint density at radius 1 is 1.35 bits per heavy atom. The first-order valence-corrected chi connectivity index (χ1v) is 8.14. The number of esters is 1. The maximum atomic E-state index is 11.8. The van der Waals surface area contributed by atoms with Crippen molar-refractivity contribution in [1.29, 1.82) is 0 Å². The third kappa shape index (κ3) is 7.69. The third-order valence-electron chi connectivity index (χ3n) is 3.78. The Labute approximate surface area is 157 Å². The molecular formula is C16H33IN4O2. The molecule has 23 heavy (non-hydrogen) atoms. The van der Waals surface area contributed by atoms with Gasteiger partial charge in [0.15, 0.2) is 5.96 Å². The average Bonchev–Trinajstić information content (AvgIpc) is 2.82. The van der Waals surface area contributed by atoms with Crippen molar-refractivity contribution in [3.05, 3.63) is 0 Å². The van der Waals surface area contributed by atoms with Crippen LogP contribution in [0.25, 0.3) is 0 Å². The van der Waals surface area contributed by atoms with Gasteiger partial charge >= 0.3 is 5.97 Å². The molecule has 0 aromatic rings. The molecule has 1 rings (SSSR count). The molecule has 0 aliphatic carbocycles. The largest absolute Gasteiger partial charge is 0.469 e. The fraction of sp³-hybridized carbons (Fsp3) is 0.875. The van der Waals surface area contributed by atoms with Crippen LogP contribution >= 0.6 is 24.0 Å². The molecule has 1 heterocycles. The highest BCUT2D eigenvalue weighted by molar-refractivity contribution is 14.0. The van der Waals surface area contributed by atoms with Crippen molar-refractivity contribution < 1.29 is 9.53 Å². The molecular weight excluding hydrogens is 407 g/mol. The Hall–Kier alpha value is -0.570. The second-order valence-electron chi connectivity index (χ2n) is 6.92. The lowest BCUT2D eigenvalue weighted by Gasteiger charge is -2.23. The fourth-order valence-electron chi connectivity index (χ4n) is 2.62. The number of ether oxygens (including phenoxy) is 1. The normalized spacial score (nSPS) is 21.8. The Bertz CT molecular complexity index is 396. The fourth-order valence-corrected chi connectivity index (χ4v) is 2.62. The maximum Gasteiger partial charge on any atom is 0.310 e. The van der Waals surface area contributed by atoms with Crippen LogP contribution in [0.3, 0.4) is 0 Å². The van der Waals surface area contributed by atoms with Gasteiger partial charge < -0.3 is 20.3 Å². The summed E-state index contributed by atoms with van der Waals surface area (Å²) in [5.41, 5.74) is 0.103. The van der Waals surface area contributed by atoms with E-state index < -0.39 is 0 Å². The number of guanidine groups is 1. The molecule has 0 saturated carbocycles. The topological polar surface area (TPSA) is 66.0 Å². The van der Waals surface area contributed by atoms with Gasteiger partial charge in [-0.2, -0.15) is 0 Å². The first-order valence-electron chi connectivity index (χ1n) is 8.14. The second kappa shape index (κ2) is 10.3. The molecule has 0 aromatic heterocycles. The van der Waals surface area contributed by atoms with Crippen molar-refractivity contribution in [1.82, 2.24) is 15.5 Å². The van der Waals surface area contributed by atoms with E-state index in [4.69, 9.17) is 4.74 Å². The van der Waals surface area contributed by atoms with Crippen LogP contribution in [0.4, 0.5) is 0 Å². The summed E-state index contributed by atoms with van der Waals surface area (Å²) in [6.07, 6.45) is 0. The van der Waals surface area contributed by atoms with Crippen molar-refractivity contribution in [3.8, 4) is 0 Å². The summed E-state index contributed by atoms with van der Waals surface area (Å²) in [5, 5.41) is 6.74. The average molecular weight is 440 g/mol. The SMILES string of the molecule is CCNC(=NCCNC(C)(C)C)N1CC(C)C(C(=O)OC)C1.I. The van der Waals surface area contributed by atoms with Crippen LogP contribution in [-0.2, 0) is 9.53 Å². The quantitative estimate of drug-likeness (QED) is 0.224. The third-order valence-corrected chi connectivity index (χ3v) is 3.78. The van der Waals surface area contributed by atoms with Crippen LogP contribution in [0, 0.1) is 11.8 Å². The molecule has 7 heteroatoms. The summed E-state index contributed by atoms with van der Waals surface area (Å²) >= 11 is 0. The molecule has 2 atom stereocenters. The zero-order valence-corrected chi connectivity index (χ0v) is 17.6. The van der Waals surface area contributed by atoms with E-state index in [9.17, 15) is 4.79 Å². The minimum Gasteiger partial charge on any atom is -0.469 e. The van der Waals surface area contributed by atoms with Crippen molar-refractivity contribution >= 4 is 35.9 Å². The van der Waals surface area contributed by atoms with Crippen molar-refractivity contribution in [2.75, 3.05) is 39.8 Å². The zero-order valence-electron chi connectivity index (χ0n) is 15.3. The molecule has 1 fully saturated rings. The molecule has 0 spiro atoms. The maximum absolute atomic E-state index is 11.8. The highest BCUT2D eigenvalue weighted by Crippen LogP contribution is 2.24. The molecule has 0 aromatic carbocycles.